The van der Waals surface area contributed by atoms with Crippen molar-refractivity contribution in [2.24, 2.45) is 0 Å². The molecule has 1 aliphatic heterocycles. The van der Waals surface area contributed by atoms with Gasteiger partial charge < -0.3 is 16.4 Å². The van der Waals surface area contributed by atoms with E-state index >= 15 is 0 Å². The molecule has 0 saturated carbocycles. The third kappa shape index (κ3) is 3.59. The molecule has 1 aliphatic rings. The normalized spacial score (nSPS) is 16.0. The number of nitrogens with one attached hydrogen (secondary N) is 2. The Bertz CT molecular complexity index is 1260. The molecule has 1 unspecified atom stereocenters. The number of benzene rings is 1. The third-order valence-corrected chi connectivity index (χ3v) is 5.48. The lowest BCUT2D eigenvalue weighted by atomic mass is 10.1. The van der Waals surface area contributed by atoms with Gasteiger partial charge in [0.15, 0.2) is 5.65 Å². The number of carbonyl (C=O) groups is 1. The monoisotopic (exact) mass is 414 g/mol. The van der Waals surface area contributed by atoms with Crippen molar-refractivity contribution in [1.29, 1.82) is 0 Å². The molecule has 0 spiro atoms. The Hall–Kier alpha value is -3.85. The van der Waals surface area contributed by atoms with Crippen molar-refractivity contribution >= 4 is 28.6 Å². The molecule has 3 aromatic heterocycles. The Labute approximate surface area is 178 Å². The first kappa shape index (κ1) is 19.1. The fourth-order valence-electron chi connectivity index (χ4n) is 3.87. The van der Waals surface area contributed by atoms with Crippen LogP contribution in [0.25, 0.3) is 22.3 Å². The number of carbonyl (C=O) groups excluding carboxylic acids is 1. The molecule has 1 atom stereocenters. The molecular formula is C22H22N8O. The maximum atomic E-state index is 12.6. The van der Waals surface area contributed by atoms with Crippen LogP contribution >= 0.6 is 0 Å². The highest BCUT2D eigenvalue weighted by Crippen LogP contribution is 2.32. The van der Waals surface area contributed by atoms with Crippen LogP contribution in [-0.2, 0) is 0 Å². The van der Waals surface area contributed by atoms with E-state index in [1.54, 1.807) is 18.3 Å². The van der Waals surface area contributed by atoms with Crippen molar-refractivity contribution in [3.8, 4) is 11.3 Å². The first-order valence-electron chi connectivity index (χ1n) is 10.1. The lowest BCUT2D eigenvalue weighted by Crippen LogP contribution is -2.15. The van der Waals surface area contributed by atoms with E-state index in [0.29, 0.717) is 22.9 Å². The summed E-state index contributed by atoms with van der Waals surface area (Å²) in [5.41, 5.74) is 10.0. The topological polar surface area (TPSA) is 124 Å². The molecule has 9 heteroatoms. The Morgan fingerprint density at radius 3 is 2.77 bits per heavy atom. The van der Waals surface area contributed by atoms with Crippen LogP contribution in [0.4, 0.5) is 11.6 Å². The number of hydrogen-bond acceptors (Lipinski definition) is 7. The number of nitrogens with two attached hydrogens (primary N) is 1. The molecule has 0 bridgehead atoms. The summed E-state index contributed by atoms with van der Waals surface area (Å²) in [4.78, 5) is 25.4. The summed E-state index contributed by atoms with van der Waals surface area (Å²) in [5, 5.41) is 11.7. The molecule has 1 aromatic carbocycles. The maximum Gasteiger partial charge on any atom is 0.256 e. The van der Waals surface area contributed by atoms with Gasteiger partial charge in [0, 0.05) is 23.9 Å². The van der Waals surface area contributed by atoms with Gasteiger partial charge in [0.05, 0.1) is 11.4 Å². The Morgan fingerprint density at radius 2 is 2.03 bits per heavy atom. The summed E-state index contributed by atoms with van der Waals surface area (Å²) in [5.74, 6) is 0.693. The number of anilines is 2. The van der Waals surface area contributed by atoms with Gasteiger partial charge >= 0.3 is 0 Å². The van der Waals surface area contributed by atoms with Gasteiger partial charge in [0.25, 0.3) is 5.91 Å². The van der Waals surface area contributed by atoms with Crippen molar-refractivity contribution in [3.05, 3.63) is 60.0 Å². The molecule has 9 nitrogen and oxygen atoms in total. The van der Waals surface area contributed by atoms with Gasteiger partial charge in [-0.3, -0.25) is 4.79 Å². The van der Waals surface area contributed by atoms with Crippen LogP contribution in [0.3, 0.4) is 0 Å². The van der Waals surface area contributed by atoms with E-state index in [-0.39, 0.29) is 11.9 Å². The number of rotatable bonds is 4. The number of aryl methyl sites for hydroxylation is 1. The minimum absolute atomic E-state index is 0.220. The van der Waals surface area contributed by atoms with Crippen molar-refractivity contribution in [3.63, 3.8) is 0 Å². The second kappa shape index (κ2) is 7.77. The van der Waals surface area contributed by atoms with Crippen LogP contribution in [0, 0.1) is 6.92 Å². The van der Waals surface area contributed by atoms with Crippen LogP contribution in [-0.4, -0.2) is 43.7 Å². The van der Waals surface area contributed by atoms with Crippen molar-refractivity contribution in [2.45, 2.75) is 19.4 Å². The van der Waals surface area contributed by atoms with Crippen molar-refractivity contribution in [1.82, 2.24) is 30.0 Å². The summed E-state index contributed by atoms with van der Waals surface area (Å²) in [6, 6.07) is 11.2. The first-order chi connectivity index (χ1) is 15.1. The van der Waals surface area contributed by atoms with E-state index in [9.17, 15) is 4.79 Å². The number of nitrogen functional groups attached to an aromatic ring is 1. The number of fused-ring (bicyclic) bond motifs is 1. The molecule has 0 aliphatic carbocycles. The molecule has 31 heavy (non-hydrogen) atoms. The van der Waals surface area contributed by atoms with Crippen LogP contribution < -0.4 is 16.4 Å². The fourth-order valence-corrected chi connectivity index (χ4v) is 3.87. The highest BCUT2D eigenvalue weighted by atomic mass is 16.1. The standard InChI is InChI=1S/C22H22N8O/c1-13-6-9-25-17(10-13)28-22(31)15-4-2-14(3-5-15)19-18-20(23)26-12-27-21(18)30(29-19)16-7-8-24-11-16/h2-6,9-10,12,16,24H,7-8,11H2,1H3,(H2,23,26,27)(H,25,28,31). The molecule has 5 rings (SSSR count). The number of hydrogen-bond donors (Lipinski definition) is 3. The number of pyridine rings is 1. The molecule has 1 fully saturated rings. The fraction of sp³-hybridized carbons (Fsp3) is 0.227. The van der Waals surface area contributed by atoms with Gasteiger partial charge in [-0.1, -0.05) is 12.1 Å². The summed E-state index contributed by atoms with van der Waals surface area (Å²) in [6.45, 7) is 3.74. The van der Waals surface area contributed by atoms with Crippen molar-refractivity contribution < 1.29 is 4.79 Å². The first-order valence-corrected chi connectivity index (χ1v) is 10.1. The summed E-state index contributed by atoms with van der Waals surface area (Å²) >= 11 is 0. The molecular weight excluding hydrogens is 392 g/mol. The van der Waals surface area contributed by atoms with Gasteiger partial charge in [-0.2, -0.15) is 5.10 Å². The molecule has 4 heterocycles. The summed E-state index contributed by atoms with van der Waals surface area (Å²) < 4.78 is 1.94. The predicted molar refractivity (Wildman–Crippen MR) is 119 cm³/mol. The van der Waals surface area contributed by atoms with Gasteiger partial charge in [0.1, 0.15) is 23.7 Å². The molecule has 4 N–H and O–H groups in total. The lowest BCUT2D eigenvalue weighted by molar-refractivity contribution is 0.102. The Morgan fingerprint density at radius 1 is 1.19 bits per heavy atom. The molecule has 1 amide bonds. The molecule has 4 aromatic rings. The van der Waals surface area contributed by atoms with E-state index in [4.69, 9.17) is 10.8 Å². The second-order valence-corrected chi connectivity index (χ2v) is 7.65. The average Bonchev–Trinajstić information content (AvgIpc) is 3.42. The SMILES string of the molecule is Cc1ccnc(NC(=O)c2ccc(-c3nn(C4CCNC4)c4ncnc(N)c34)cc2)c1. The van der Waals surface area contributed by atoms with E-state index in [0.717, 1.165) is 41.7 Å². The molecule has 1 saturated heterocycles. The number of amides is 1. The van der Waals surface area contributed by atoms with Crippen LogP contribution in [0.5, 0.6) is 0 Å². The summed E-state index contributed by atoms with van der Waals surface area (Å²) in [7, 11) is 0. The molecule has 156 valence electrons. The quantitative estimate of drug-likeness (QED) is 0.469. The zero-order chi connectivity index (χ0) is 21.4. The highest BCUT2D eigenvalue weighted by molar-refractivity contribution is 6.04. The van der Waals surface area contributed by atoms with E-state index in [1.807, 2.05) is 35.9 Å². The number of nitrogens with zero attached hydrogens (tertiary/aromatic N) is 5. The maximum absolute atomic E-state index is 12.6. The van der Waals surface area contributed by atoms with Crippen LogP contribution in [0.15, 0.2) is 48.9 Å². The zero-order valence-electron chi connectivity index (χ0n) is 17.0. The highest BCUT2D eigenvalue weighted by Gasteiger charge is 2.24. The largest absolute Gasteiger partial charge is 0.383 e. The van der Waals surface area contributed by atoms with Crippen LogP contribution in [0.2, 0.25) is 0 Å². The van der Waals surface area contributed by atoms with E-state index in [1.165, 1.54) is 6.33 Å². The number of aromatic nitrogens is 5. The van der Waals surface area contributed by atoms with Crippen LogP contribution in [0.1, 0.15) is 28.4 Å². The minimum atomic E-state index is -0.222. The average molecular weight is 414 g/mol. The Kier molecular flexibility index (Phi) is 4.79. The van der Waals surface area contributed by atoms with E-state index in [2.05, 4.69) is 25.6 Å². The third-order valence-electron chi connectivity index (χ3n) is 5.48. The summed E-state index contributed by atoms with van der Waals surface area (Å²) in [6.07, 6.45) is 4.11. The Balaban J connectivity index is 1.47. The second-order valence-electron chi connectivity index (χ2n) is 7.65. The minimum Gasteiger partial charge on any atom is -0.383 e. The van der Waals surface area contributed by atoms with E-state index < -0.39 is 0 Å². The van der Waals surface area contributed by atoms with Crippen molar-refractivity contribution in [2.75, 3.05) is 24.1 Å². The lowest BCUT2D eigenvalue weighted by Gasteiger charge is -2.09. The predicted octanol–water partition coefficient (Wildman–Crippen LogP) is 2.57. The van der Waals surface area contributed by atoms with Gasteiger partial charge in [-0.15, -0.1) is 0 Å². The van der Waals surface area contributed by atoms with Gasteiger partial charge in [-0.25, -0.2) is 19.6 Å². The van der Waals surface area contributed by atoms with Gasteiger partial charge in [0.2, 0.25) is 0 Å². The van der Waals surface area contributed by atoms with Gasteiger partial charge in [-0.05, 0) is 49.7 Å². The molecule has 0 radical (unpaired) electrons. The zero-order valence-corrected chi connectivity index (χ0v) is 17.0. The smallest absolute Gasteiger partial charge is 0.256 e.